The molecule has 1 aromatic carbocycles. The van der Waals surface area contributed by atoms with Crippen molar-refractivity contribution in [3.05, 3.63) is 23.8 Å². The van der Waals surface area contributed by atoms with Gasteiger partial charge in [-0.1, -0.05) is 6.07 Å². The quantitative estimate of drug-likeness (QED) is 0.898. The highest BCUT2D eigenvalue weighted by Crippen LogP contribution is 2.30. The molecule has 1 N–H and O–H groups in total. The largest absolute Gasteiger partial charge is 0.492 e. The molecule has 0 saturated carbocycles. The topological polar surface area (TPSA) is 27.7 Å². The van der Waals surface area contributed by atoms with Crippen LogP contribution in [0.25, 0.3) is 0 Å². The average molecular weight is 289 g/mol. The standard InChI is InChI=1S/C17H27N3O/c1-2-21-17-13-15(14-19-9-3-4-10-19)5-6-16(17)20-11-7-18-8-12-20/h5-6,13,18H,2-4,7-12,14H2,1H3. The van der Waals surface area contributed by atoms with Crippen LogP contribution in [0.5, 0.6) is 5.75 Å². The second kappa shape index (κ2) is 7.14. The molecule has 2 aliphatic heterocycles. The zero-order valence-electron chi connectivity index (χ0n) is 13.1. The number of rotatable bonds is 5. The maximum Gasteiger partial charge on any atom is 0.142 e. The third kappa shape index (κ3) is 3.69. The molecule has 0 atom stereocenters. The van der Waals surface area contributed by atoms with Gasteiger partial charge in [0.2, 0.25) is 0 Å². The molecule has 21 heavy (non-hydrogen) atoms. The fourth-order valence-corrected chi connectivity index (χ4v) is 3.29. The van der Waals surface area contributed by atoms with Gasteiger partial charge in [0, 0.05) is 32.7 Å². The van der Waals surface area contributed by atoms with E-state index in [1.54, 1.807) is 0 Å². The molecular weight excluding hydrogens is 262 g/mol. The van der Waals surface area contributed by atoms with Crippen molar-refractivity contribution in [1.82, 2.24) is 10.2 Å². The zero-order valence-corrected chi connectivity index (χ0v) is 13.1. The molecule has 0 bridgehead atoms. The van der Waals surface area contributed by atoms with Crippen molar-refractivity contribution in [2.75, 3.05) is 50.8 Å². The van der Waals surface area contributed by atoms with Crippen LogP contribution in [0.1, 0.15) is 25.3 Å². The van der Waals surface area contributed by atoms with Gasteiger partial charge in [0.25, 0.3) is 0 Å². The molecule has 0 unspecified atom stereocenters. The molecule has 0 aromatic heterocycles. The van der Waals surface area contributed by atoms with Gasteiger partial charge in [-0.3, -0.25) is 4.90 Å². The lowest BCUT2D eigenvalue weighted by atomic mass is 10.1. The van der Waals surface area contributed by atoms with Crippen LogP contribution in [0, 0.1) is 0 Å². The van der Waals surface area contributed by atoms with Crippen LogP contribution in [0.4, 0.5) is 5.69 Å². The summed E-state index contributed by atoms with van der Waals surface area (Å²) in [5.41, 5.74) is 2.63. The smallest absolute Gasteiger partial charge is 0.142 e. The minimum atomic E-state index is 0.728. The molecule has 3 rings (SSSR count). The van der Waals surface area contributed by atoms with Gasteiger partial charge in [0.15, 0.2) is 0 Å². The molecule has 2 heterocycles. The Morgan fingerprint density at radius 1 is 1.10 bits per heavy atom. The van der Waals surface area contributed by atoms with E-state index >= 15 is 0 Å². The Bertz CT molecular complexity index is 451. The molecule has 2 saturated heterocycles. The molecule has 4 nitrogen and oxygen atoms in total. The Balaban J connectivity index is 1.76. The first kappa shape index (κ1) is 14.7. The van der Waals surface area contributed by atoms with Gasteiger partial charge in [-0.2, -0.15) is 0 Å². The Morgan fingerprint density at radius 2 is 1.86 bits per heavy atom. The number of likely N-dealkylation sites (tertiary alicyclic amines) is 1. The van der Waals surface area contributed by atoms with Crippen LogP contribution < -0.4 is 15.0 Å². The van der Waals surface area contributed by atoms with E-state index < -0.39 is 0 Å². The molecular formula is C17H27N3O. The number of anilines is 1. The van der Waals surface area contributed by atoms with Gasteiger partial charge in [0.05, 0.1) is 12.3 Å². The maximum atomic E-state index is 5.91. The van der Waals surface area contributed by atoms with Crippen LogP contribution in [-0.4, -0.2) is 50.8 Å². The molecule has 116 valence electrons. The van der Waals surface area contributed by atoms with Crippen molar-refractivity contribution in [1.29, 1.82) is 0 Å². The highest BCUT2D eigenvalue weighted by atomic mass is 16.5. The Morgan fingerprint density at radius 3 is 2.57 bits per heavy atom. The summed E-state index contributed by atoms with van der Waals surface area (Å²) in [6, 6.07) is 6.78. The van der Waals surface area contributed by atoms with Gasteiger partial charge >= 0.3 is 0 Å². The molecule has 1 aromatic rings. The third-order valence-corrected chi connectivity index (χ3v) is 4.39. The van der Waals surface area contributed by atoms with Gasteiger partial charge in [-0.25, -0.2) is 0 Å². The normalized spacial score (nSPS) is 20.0. The second-order valence-electron chi connectivity index (χ2n) is 5.96. The molecule has 2 fully saturated rings. The summed E-state index contributed by atoms with van der Waals surface area (Å²) in [5, 5.41) is 3.41. The highest BCUT2D eigenvalue weighted by molar-refractivity contribution is 5.60. The van der Waals surface area contributed by atoms with E-state index in [1.807, 2.05) is 0 Å². The van der Waals surface area contributed by atoms with Crippen LogP contribution >= 0.6 is 0 Å². The lowest BCUT2D eigenvalue weighted by Crippen LogP contribution is -2.43. The molecule has 2 aliphatic rings. The Kier molecular flexibility index (Phi) is 4.99. The third-order valence-electron chi connectivity index (χ3n) is 4.39. The van der Waals surface area contributed by atoms with E-state index in [1.165, 1.54) is 37.2 Å². The maximum absolute atomic E-state index is 5.91. The Labute approximate surface area is 128 Å². The summed E-state index contributed by atoms with van der Waals surface area (Å²) < 4.78 is 5.91. The monoisotopic (exact) mass is 289 g/mol. The summed E-state index contributed by atoms with van der Waals surface area (Å²) in [6.07, 6.45) is 2.69. The predicted molar refractivity (Wildman–Crippen MR) is 87.2 cm³/mol. The first-order valence-corrected chi connectivity index (χ1v) is 8.30. The number of piperazine rings is 1. The van der Waals surface area contributed by atoms with E-state index in [0.29, 0.717) is 0 Å². The minimum absolute atomic E-state index is 0.728. The highest BCUT2D eigenvalue weighted by Gasteiger charge is 2.17. The summed E-state index contributed by atoms with van der Waals surface area (Å²) >= 11 is 0. The van der Waals surface area contributed by atoms with E-state index in [-0.39, 0.29) is 0 Å². The molecule has 0 spiro atoms. The van der Waals surface area contributed by atoms with E-state index in [2.05, 4.69) is 40.2 Å². The minimum Gasteiger partial charge on any atom is -0.492 e. The predicted octanol–water partition coefficient (Wildman–Crippen LogP) is 2.09. The number of benzene rings is 1. The summed E-state index contributed by atoms with van der Waals surface area (Å²) in [5.74, 6) is 1.05. The lowest BCUT2D eigenvalue weighted by molar-refractivity contribution is 0.325. The van der Waals surface area contributed by atoms with Crippen molar-refractivity contribution >= 4 is 5.69 Å². The molecule has 0 aliphatic carbocycles. The average Bonchev–Trinajstić information content (AvgIpc) is 3.02. The first-order valence-electron chi connectivity index (χ1n) is 8.30. The van der Waals surface area contributed by atoms with Crippen molar-refractivity contribution < 1.29 is 4.74 Å². The van der Waals surface area contributed by atoms with Gasteiger partial charge in [0.1, 0.15) is 5.75 Å². The van der Waals surface area contributed by atoms with E-state index in [0.717, 1.165) is 45.1 Å². The molecule has 0 amide bonds. The molecule has 0 radical (unpaired) electrons. The van der Waals surface area contributed by atoms with Crippen molar-refractivity contribution in [2.24, 2.45) is 0 Å². The SMILES string of the molecule is CCOc1cc(CN2CCCC2)ccc1N1CCNCC1. The number of ether oxygens (including phenoxy) is 1. The van der Waals surface area contributed by atoms with Crippen molar-refractivity contribution in [2.45, 2.75) is 26.3 Å². The summed E-state index contributed by atoms with van der Waals surface area (Å²) in [6.45, 7) is 10.6. The van der Waals surface area contributed by atoms with E-state index in [4.69, 9.17) is 4.74 Å². The van der Waals surface area contributed by atoms with Crippen molar-refractivity contribution in [3.8, 4) is 5.75 Å². The van der Waals surface area contributed by atoms with Gasteiger partial charge in [-0.05, 0) is 50.6 Å². The first-order chi connectivity index (χ1) is 10.4. The fourth-order valence-electron chi connectivity index (χ4n) is 3.29. The van der Waals surface area contributed by atoms with Crippen LogP contribution in [-0.2, 0) is 6.54 Å². The summed E-state index contributed by atoms with van der Waals surface area (Å²) in [7, 11) is 0. The van der Waals surface area contributed by atoms with Gasteiger partial charge in [-0.15, -0.1) is 0 Å². The zero-order chi connectivity index (χ0) is 14.5. The van der Waals surface area contributed by atoms with Crippen LogP contribution in [0.2, 0.25) is 0 Å². The number of nitrogens with zero attached hydrogens (tertiary/aromatic N) is 2. The second-order valence-corrected chi connectivity index (χ2v) is 5.96. The number of hydrogen-bond donors (Lipinski definition) is 1. The number of nitrogens with one attached hydrogen (secondary N) is 1. The van der Waals surface area contributed by atoms with Crippen LogP contribution in [0.3, 0.4) is 0 Å². The van der Waals surface area contributed by atoms with Gasteiger partial charge < -0.3 is 15.0 Å². The van der Waals surface area contributed by atoms with Crippen molar-refractivity contribution in [3.63, 3.8) is 0 Å². The molecule has 4 heteroatoms. The van der Waals surface area contributed by atoms with Crippen LogP contribution in [0.15, 0.2) is 18.2 Å². The number of hydrogen-bond acceptors (Lipinski definition) is 4. The lowest BCUT2D eigenvalue weighted by Gasteiger charge is -2.31. The Hall–Kier alpha value is -1.26. The van der Waals surface area contributed by atoms with E-state index in [9.17, 15) is 0 Å². The summed E-state index contributed by atoms with van der Waals surface area (Å²) in [4.78, 5) is 4.97. The fraction of sp³-hybridized carbons (Fsp3) is 0.647.